The van der Waals surface area contributed by atoms with Gasteiger partial charge in [-0.05, 0) is 19.9 Å². The molecule has 1 rings (SSSR count). The molecule has 0 aliphatic carbocycles. The number of hydrogen-bond acceptors (Lipinski definition) is 3. The fourth-order valence-electron chi connectivity index (χ4n) is 0.742. The van der Waals surface area contributed by atoms with E-state index in [2.05, 4.69) is 9.98 Å². The first-order valence-corrected chi connectivity index (χ1v) is 4.20. The van der Waals surface area contributed by atoms with Gasteiger partial charge in [0.05, 0.1) is 12.1 Å². The first-order chi connectivity index (χ1) is 6.14. The Labute approximate surface area is 78.2 Å². The van der Waals surface area contributed by atoms with Gasteiger partial charge in [0.1, 0.15) is 0 Å². The molecule has 0 amide bonds. The second-order valence-corrected chi connectivity index (χ2v) is 3.52. The molecule has 1 N–H and O–H groups in total. The molecule has 0 radical (unpaired) electrons. The zero-order chi connectivity index (χ0) is 9.73. The fraction of sp³-hybridized carbons (Fsp3) is 0.400. The van der Waals surface area contributed by atoms with E-state index in [-0.39, 0.29) is 6.61 Å². The van der Waals surface area contributed by atoms with Crippen LogP contribution in [-0.4, -0.2) is 28.5 Å². The molecule has 0 aliphatic rings. The molecule has 13 heavy (non-hydrogen) atoms. The van der Waals surface area contributed by atoms with Gasteiger partial charge in [-0.1, -0.05) is 6.07 Å². The Balaban J connectivity index is 2.69. The second-order valence-electron chi connectivity index (χ2n) is 3.52. The van der Waals surface area contributed by atoms with Crippen molar-refractivity contribution in [2.24, 2.45) is 4.99 Å². The lowest BCUT2D eigenvalue weighted by molar-refractivity contribution is 0.223. The number of aromatic nitrogens is 1. The van der Waals surface area contributed by atoms with Crippen LogP contribution in [0.4, 0.5) is 0 Å². The third-order valence-electron chi connectivity index (χ3n) is 1.63. The molecule has 0 saturated carbocycles. The van der Waals surface area contributed by atoms with Crippen molar-refractivity contribution in [3.05, 3.63) is 30.1 Å². The van der Waals surface area contributed by atoms with E-state index in [1.807, 2.05) is 26.0 Å². The van der Waals surface area contributed by atoms with E-state index in [9.17, 15) is 0 Å². The van der Waals surface area contributed by atoms with Crippen molar-refractivity contribution in [2.45, 2.75) is 19.4 Å². The topological polar surface area (TPSA) is 45.5 Å². The zero-order valence-electron chi connectivity index (χ0n) is 7.94. The summed E-state index contributed by atoms with van der Waals surface area (Å²) in [7, 11) is 0. The maximum absolute atomic E-state index is 8.94. The summed E-state index contributed by atoms with van der Waals surface area (Å²) in [6, 6.07) is 3.78. The smallest absolute Gasteiger partial charge is 0.0782 e. The average Bonchev–Trinajstić information content (AvgIpc) is 2.17. The van der Waals surface area contributed by atoms with Crippen LogP contribution in [0.2, 0.25) is 0 Å². The molecule has 3 heteroatoms. The number of nitrogens with zero attached hydrogens (tertiary/aromatic N) is 2. The van der Waals surface area contributed by atoms with E-state index in [0.29, 0.717) is 0 Å². The molecule has 0 spiro atoms. The molecule has 0 aliphatic heterocycles. The monoisotopic (exact) mass is 178 g/mol. The minimum atomic E-state index is -0.407. The molecular formula is C10H14N2O. The summed E-state index contributed by atoms with van der Waals surface area (Å²) in [4.78, 5) is 8.19. The predicted molar refractivity (Wildman–Crippen MR) is 53.0 cm³/mol. The van der Waals surface area contributed by atoms with Crippen LogP contribution in [0, 0.1) is 0 Å². The van der Waals surface area contributed by atoms with Crippen LogP contribution in [0.5, 0.6) is 0 Å². The lowest BCUT2D eigenvalue weighted by Crippen LogP contribution is -2.21. The minimum Gasteiger partial charge on any atom is -0.394 e. The Hall–Kier alpha value is -1.22. The van der Waals surface area contributed by atoms with Crippen molar-refractivity contribution in [3.63, 3.8) is 0 Å². The number of rotatable bonds is 3. The molecule has 1 aromatic heterocycles. The molecular weight excluding hydrogens is 164 g/mol. The first-order valence-electron chi connectivity index (χ1n) is 4.20. The van der Waals surface area contributed by atoms with Gasteiger partial charge in [-0.2, -0.15) is 0 Å². The van der Waals surface area contributed by atoms with Gasteiger partial charge < -0.3 is 5.11 Å². The SMILES string of the molecule is CC(C)(CO)N=Cc1cccnc1. The van der Waals surface area contributed by atoms with Crippen molar-refractivity contribution in [1.82, 2.24) is 4.98 Å². The van der Waals surface area contributed by atoms with Gasteiger partial charge in [-0.15, -0.1) is 0 Å². The van der Waals surface area contributed by atoms with Gasteiger partial charge in [-0.25, -0.2) is 0 Å². The summed E-state index contributed by atoms with van der Waals surface area (Å²) < 4.78 is 0. The van der Waals surface area contributed by atoms with Crippen LogP contribution in [0.1, 0.15) is 19.4 Å². The largest absolute Gasteiger partial charge is 0.394 e. The molecule has 0 unspecified atom stereocenters. The van der Waals surface area contributed by atoms with Crippen LogP contribution in [0.25, 0.3) is 0 Å². The number of pyridine rings is 1. The van der Waals surface area contributed by atoms with Crippen molar-refractivity contribution in [3.8, 4) is 0 Å². The quantitative estimate of drug-likeness (QED) is 0.708. The highest BCUT2D eigenvalue weighted by Gasteiger charge is 2.12. The van der Waals surface area contributed by atoms with E-state index >= 15 is 0 Å². The Morgan fingerprint density at radius 3 is 2.92 bits per heavy atom. The van der Waals surface area contributed by atoms with E-state index < -0.39 is 5.54 Å². The molecule has 70 valence electrons. The van der Waals surface area contributed by atoms with Crippen LogP contribution in [0.15, 0.2) is 29.5 Å². The predicted octanol–water partition coefficient (Wildman–Crippen LogP) is 1.27. The molecule has 0 atom stereocenters. The van der Waals surface area contributed by atoms with Crippen LogP contribution in [0.3, 0.4) is 0 Å². The average molecular weight is 178 g/mol. The zero-order valence-corrected chi connectivity index (χ0v) is 7.94. The van der Waals surface area contributed by atoms with Crippen molar-refractivity contribution in [1.29, 1.82) is 0 Å². The van der Waals surface area contributed by atoms with Crippen LogP contribution in [-0.2, 0) is 0 Å². The van der Waals surface area contributed by atoms with Crippen LogP contribution < -0.4 is 0 Å². The van der Waals surface area contributed by atoms with Crippen molar-refractivity contribution >= 4 is 6.21 Å². The fourth-order valence-corrected chi connectivity index (χ4v) is 0.742. The van der Waals surface area contributed by atoms with E-state index in [0.717, 1.165) is 5.56 Å². The second kappa shape index (κ2) is 4.14. The van der Waals surface area contributed by atoms with Gasteiger partial charge in [-0.3, -0.25) is 9.98 Å². The highest BCUT2D eigenvalue weighted by molar-refractivity contribution is 5.79. The number of aliphatic hydroxyl groups excluding tert-OH is 1. The maximum atomic E-state index is 8.94. The number of aliphatic hydroxyl groups is 1. The van der Waals surface area contributed by atoms with Crippen molar-refractivity contribution in [2.75, 3.05) is 6.61 Å². The molecule has 0 saturated heterocycles. The van der Waals surface area contributed by atoms with Gasteiger partial charge in [0.25, 0.3) is 0 Å². The van der Waals surface area contributed by atoms with Gasteiger partial charge in [0.15, 0.2) is 0 Å². The standard InChI is InChI=1S/C10H14N2O/c1-10(2,8-13)12-7-9-4-3-5-11-6-9/h3-7,13H,8H2,1-2H3. The minimum absolute atomic E-state index is 0.0454. The summed E-state index contributed by atoms with van der Waals surface area (Å²) in [6.07, 6.45) is 5.18. The molecule has 3 nitrogen and oxygen atoms in total. The summed E-state index contributed by atoms with van der Waals surface area (Å²) in [5, 5.41) is 8.94. The van der Waals surface area contributed by atoms with Crippen LogP contribution >= 0.6 is 0 Å². The summed E-state index contributed by atoms with van der Waals surface area (Å²) >= 11 is 0. The first kappa shape index (κ1) is 9.86. The third-order valence-corrected chi connectivity index (χ3v) is 1.63. The Kier molecular flexibility index (Phi) is 3.14. The maximum Gasteiger partial charge on any atom is 0.0782 e. The van der Waals surface area contributed by atoms with Gasteiger partial charge in [0.2, 0.25) is 0 Å². The molecule has 0 aromatic carbocycles. The number of aliphatic imine (C=N–C) groups is 1. The molecule has 0 fully saturated rings. The Morgan fingerprint density at radius 1 is 1.62 bits per heavy atom. The highest BCUT2D eigenvalue weighted by atomic mass is 16.3. The molecule has 1 heterocycles. The Morgan fingerprint density at radius 2 is 2.38 bits per heavy atom. The lowest BCUT2D eigenvalue weighted by Gasteiger charge is -2.14. The third kappa shape index (κ3) is 3.34. The molecule has 1 aromatic rings. The lowest BCUT2D eigenvalue weighted by atomic mass is 10.1. The normalized spacial score (nSPS) is 12.2. The molecule has 0 bridgehead atoms. The van der Waals surface area contributed by atoms with Gasteiger partial charge in [0, 0.05) is 24.2 Å². The Bertz CT molecular complexity index is 280. The van der Waals surface area contributed by atoms with E-state index in [1.165, 1.54) is 0 Å². The van der Waals surface area contributed by atoms with Crippen molar-refractivity contribution < 1.29 is 5.11 Å². The van der Waals surface area contributed by atoms with E-state index in [4.69, 9.17) is 5.11 Å². The highest BCUT2D eigenvalue weighted by Crippen LogP contribution is 2.06. The summed E-state index contributed by atoms with van der Waals surface area (Å²) in [6.45, 7) is 3.80. The summed E-state index contributed by atoms with van der Waals surface area (Å²) in [5.41, 5.74) is 0.541. The number of hydrogen-bond donors (Lipinski definition) is 1. The van der Waals surface area contributed by atoms with Gasteiger partial charge >= 0.3 is 0 Å². The van der Waals surface area contributed by atoms with E-state index in [1.54, 1.807) is 18.6 Å². The summed E-state index contributed by atoms with van der Waals surface area (Å²) in [5.74, 6) is 0.